The van der Waals surface area contributed by atoms with Crippen LogP contribution in [0, 0.1) is 0 Å². The average Bonchev–Trinajstić information content (AvgIpc) is 2.37. The zero-order valence-electron chi connectivity index (χ0n) is 9.98. The van der Waals surface area contributed by atoms with Gasteiger partial charge in [0.1, 0.15) is 12.7 Å². The highest BCUT2D eigenvalue weighted by Gasteiger charge is 2.37. The van der Waals surface area contributed by atoms with Gasteiger partial charge in [-0.3, -0.25) is 4.79 Å². The predicted molar refractivity (Wildman–Crippen MR) is 59.7 cm³/mol. The number of carbonyl (C=O) groups is 2. The molecule has 0 radical (unpaired) electrons. The fourth-order valence-electron chi connectivity index (χ4n) is 1.89. The number of rotatable bonds is 2. The zero-order valence-corrected chi connectivity index (χ0v) is 9.98. The van der Waals surface area contributed by atoms with E-state index in [0.717, 1.165) is 24.3 Å². The second-order valence-electron chi connectivity index (χ2n) is 4.23. The lowest BCUT2D eigenvalue weighted by molar-refractivity contribution is -0.154. The van der Waals surface area contributed by atoms with Crippen molar-refractivity contribution < 1.29 is 32.6 Å². The van der Waals surface area contributed by atoms with Crippen LogP contribution in [0.4, 0.5) is 13.2 Å². The van der Waals surface area contributed by atoms with E-state index in [9.17, 15) is 22.8 Å². The minimum absolute atomic E-state index is 0.255. The van der Waals surface area contributed by atoms with Gasteiger partial charge in [-0.2, -0.15) is 13.2 Å². The molecule has 2 atom stereocenters. The third kappa shape index (κ3) is 2.90. The number of morpholine rings is 1. The summed E-state index contributed by atoms with van der Waals surface area (Å²) >= 11 is 0. The molecule has 1 amide bonds. The van der Waals surface area contributed by atoms with Crippen LogP contribution in [0.25, 0.3) is 0 Å². The Morgan fingerprint density at radius 2 is 1.90 bits per heavy atom. The summed E-state index contributed by atoms with van der Waals surface area (Å²) in [5, 5.41) is 11.2. The molecule has 1 aromatic rings. The Bertz CT molecular complexity index is 526. The van der Waals surface area contributed by atoms with Crippen LogP contribution in [0.3, 0.4) is 0 Å². The van der Waals surface area contributed by atoms with Crippen molar-refractivity contribution in [1.29, 1.82) is 0 Å². The van der Waals surface area contributed by atoms with Gasteiger partial charge in [-0.15, -0.1) is 0 Å². The molecule has 1 aliphatic rings. The number of halogens is 3. The third-order valence-electron chi connectivity index (χ3n) is 2.85. The van der Waals surface area contributed by atoms with Gasteiger partial charge >= 0.3 is 12.1 Å². The molecule has 5 nitrogen and oxygen atoms in total. The zero-order chi connectivity index (χ0) is 14.9. The molecule has 1 aromatic carbocycles. The first-order valence-corrected chi connectivity index (χ1v) is 5.60. The van der Waals surface area contributed by atoms with Crippen molar-refractivity contribution in [2.75, 3.05) is 6.61 Å². The van der Waals surface area contributed by atoms with Crippen LogP contribution in [-0.4, -0.2) is 29.6 Å². The Morgan fingerprint density at radius 3 is 2.40 bits per heavy atom. The lowest BCUT2D eigenvalue weighted by Crippen LogP contribution is -2.51. The Kier molecular flexibility index (Phi) is 3.67. The SMILES string of the molecule is O=C1COC(c2ccc(C(F)(F)F)cc2)C(C(=O)O)N1. The van der Waals surface area contributed by atoms with Crippen LogP contribution in [0.1, 0.15) is 17.2 Å². The maximum Gasteiger partial charge on any atom is 0.416 e. The van der Waals surface area contributed by atoms with Gasteiger partial charge in [0.05, 0.1) is 5.56 Å². The van der Waals surface area contributed by atoms with Crippen molar-refractivity contribution in [2.45, 2.75) is 18.3 Å². The molecule has 0 aromatic heterocycles. The topological polar surface area (TPSA) is 75.6 Å². The van der Waals surface area contributed by atoms with E-state index in [0.29, 0.717) is 0 Å². The Labute approximate surface area is 111 Å². The lowest BCUT2D eigenvalue weighted by atomic mass is 9.99. The minimum Gasteiger partial charge on any atom is -0.480 e. The molecule has 0 saturated carbocycles. The number of carboxylic acids is 1. The van der Waals surface area contributed by atoms with Crippen LogP contribution in [0.15, 0.2) is 24.3 Å². The Hall–Kier alpha value is -2.09. The highest BCUT2D eigenvalue weighted by atomic mass is 19.4. The van der Waals surface area contributed by atoms with E-state index in [4.69, 9.17) is 9.84 Å². The number of carbonyl (C=O) groups excluding carboxylic acids is 1. The molecule has 2 unspecified atom stereocenters. The Balaban J connectivity index is 2.25. The summed E-state index contributed by atoms with van der Waals surface area (Å²) in [4.78, 5) is 22.1. The summed E-state index contributed by atoms with van der Waals surface area (Å²) in [5.74, 6) is -1.90. The summed E-state index contributed by atoms with van der Waals surface area (Å²) in [6, 6.07) is 2.64. The van der Waals surface area contributed by atoms with Crippen LogP contribution >= 0.6 is 0 Å². The van der Waals surface area contributed by atoms with Gasteiger partial charge in [-0.05, 0) is 17.7 Å². The minimum atomic E-state index is -4.47. The van der Waals surface area contributed by atoms with Crippen LogP contribution in [0.5, 0.6) is 0 Å². The van der Waals surface area contributed by atoms with Crippen molar-refractivity contribution in [3.8, 4) is 0 Å². The number of nitrogens with one attached hydrogen (secondary N) is 1. The van der Waals surface area contributed by atoms with Gasteiger partial charge in [0.2, 0.25) is 5.91 Å². The van der Waals surface area contributed by atoms with Crippen LogP contribution < -0.4 is 5.32 Å². The third-order valence-corrected chi connectivity index (χ3v) is 2.85. The molecule has 108 valence electrons. The fraction of sp³-hybridized carbons (Fsp3) is 0.333. The molecule has 0 aliphatic carbocycles. The first-order valence-electron chi connectivity index (χ1n) is 5.60. The highest BCUT2D eigenvalue weighted by molar-refractivity contribution is 5.86. The molecule has 8 heteroatoms. The van der Waals surface area contributed by atoms with E-state index in [1.165, 1.54) is 0 Å². The number of alkyl halides is 3. The number of carboxylic acid groups (broad SMARTS) is 1. The second kappa shape index (κ2) is 5.12. The van der Waals surface area contributed by atoms with E-state index in [1.807, 2.05) is 0 Å². The summed E-state index contributed by atoms with van der Waals surface area (Å²) in [5.41, 5.74) is -0.585. The normalized spacial score (nSPS) is 23.2. The highest BCUT2D eigenvalue weighted by Crippen LogP contribution is 2.31. The van der Waals surface area contributed by atoms with Gasteiger partial charge in [0, 0.05) is 0 Å². The van der Waals surface area contributed by atoms with E-state index in [2.05, 4.69) is 5.32 Å². The van der Waals surface area contributed by atoms with Crippen molar-refractivity contribution >= 4 is 11.9 Å². The van der Waals surface area contributed by atoms with E-state index >= 15 is 0 Å². The molecule has 1 heterocycles. The number of benzene rings is 1. The van der Waals surface area contributed by atoms with Gasteiger partial charge in [0.25, 0.3) is 0 Å². The van der Waals surface area contributed by atoms with Gasteiger partial charge in [-0.1, -0.05) is 12.1 Å². The smallest absolute Gasteiger partial charge is 0.416 e. The number of hydrogen-bond acceptors (Lipinski definition) is 3. The second-order valence-corrected chi connectivity index (χ2v) is 4.23. The molecule has 1 aliphatic heterocycles. The number of amides is 1. The molecule has 20 heavy (non-hydrogen) atoms. The Morgan fingerprint density at radius 1 is 1.30 bits per heavy atom. The molecular formula is C12H10F3NO4. The van der Waals surface area contributed by atoms with Gasteiger partial charge < -0.3 is 15.2 Å². The number of ether oxygens (including phenoxy) is 1. The number of hydrogen-bond donors (Lipinski definition) is 2. The molecule has 0 bridgehead atoms. The van der Waals surface area contributed by atoms with E-state index < -0.39 is 35.8 Å². The van der Waals surface area contributed by atoms with E-state index in [-0.39, 0.29) is 12.2 Å². The summed E-state index contributed by atoms with van der Waals surface area (Å²) in [6.45, 7) is -0.338. The summed E-state index contributed by atoms with van der Waals surface area (Å²) in [6.07, 6.45) is -5.49. The molecule has 1 saturated heterocycles. The van der Waals surface area contributed by atoms with Crippen molar-refractivity contribution in [1.82, 2.24) is 5.32 Å². The molecular weight excluding hydrogens is 279 g/mol. The maximum absolute atomic E-state index is 12.4. The number of aliphatic carboxylic acids is 1. The first-order chi connectivity index (χ1) is 9.29. The average molecular weight is 289 g/mol. The van der Waals surface area contributed by atoms with Crippen LogP contribution in [-0.2, 0) is 20.5 Å². The van der Waals surface area contributed by atoms with Gasteiger partial charge in [-0.25, -0.2) is 4.79 Å². The predicted octanol–water partition coefficient (Wildman–Crippen LogP) is 1.35. The largest absolute Gasteiger partial charge is 0.480 e. The standard InChI is InChI=1S/C12H10F3NO4/c13-12(14,15)7-3-1-6(2-4-7)10-9(11(18)19)16-8(17)5-20-10/h1-4,9-10H,5H2,(H,16,17)(H,18,19). The summed E-state index contributed by atoms with van der Waals surface area (Å²) < 4.78 is 42.4. The van der Waals surface area contributed by atoms with Gasteiger partial charge in [0.15, 0.2) is 6.04 Å². The molecule has 2 N–H and O–H groups in total. The van der Waals surface area contributed by atoms with Crippen LogP contribution in [0.2, 0.25) is 0 Å². The van der Waals surface area contributed by atoms with Crippen molar-refractivity contribution in [3.05, 3.63) is 35.4 Å². The van der Waals surface area contributed by atoms with Crippen molar-refractivity contribution in [2.24, 2.45) is 0 Å². The molecule has 2 rings (SSSR count). The maximum atomic E-state index is 12.4. The van der Waals surface area contributed by atoms with Crippen molar-refractivity contribution in [3.63, 3.8) is 0 Å². The monoisotopic (exact) mass is 289 g/mol. The molecule has 0 spiro atoms. The molecule has 1 fully saturated rings. The van der Waals surface area contributed by atoms with E-state index in [1.54, 1.807) is 0 Å². The quantitative estimate of drug-likeness (QED) is 0.861. The first kappa shape index (κ1) is 14.3. The fourth-order valence-corrected chi connectivity index (χ4v) is 1.89. The lowest BCUT2D eigenvalue weighted by Gasteiger charge is -2.29. The summed E-state index contributed by atoms with van der Waals surface area (Å²) in [7, 11) is 0.